The molecule has 9 heteroatoms. The van der Waals surface area contributed by atoms with Crippen LogP contribution >= 0.6 is 0 Å². The van der Waals surface area contributed by atoms with E-state index < -0.39 is 21.6 Å². The lowest BCUT2D eigenvalue weighted by molar-refractivity contribution is 0.0473. The normalized spacial score (nSPS) is 11.8. The molecule has 0 aliphatic rings. The van der Waals surface area contributed by atoms with E-state index in [-0.39, 0.29) is 29.5 Å². The second kappa shape index (κ2) is 9.89. The van der Waals surface area contributed by atoms with E-state index >= 15 is 0 Å². The van der Waals surface area contributed by atoms with Gasteiger partial charge in [0.1, 0.15) is 18.0 Å². The molecule has 2 aromatic carbocycles. The Kier molecular flexibility index (Phi) is 6.90. The van der Waals surface area contributed by atoms with Gasteiger partial charge < -0.3 is 13.6 Å². The molecule has 1 N–H and O–H groups in total. The number of furan rings is 1. The summed E-state index contributed by atoms with van der Waals surface area (Å²) in [6, 6.07) is 13.8. The van der Waals surface area contributed by atoms with Crippen molar-refractivity contribution in [2.45, 2.75) is 44.7 Å². The first kappa shape index (κ1) is 24.4. The largest absolute Gasteiger partial charge is 0.468 e. The molecule has 0 bridgehead atoms. The van der Waals surface area contributed by atoms with E-state index in [1.807, 2.05) is 19.1 Å². The fraction of sp³-hybridized carbons (Fsp3) is 0.231. The van der Waals surface area contributed by atoms with Gasteiger partial charge in [0.05, 0.1) is 23.3 Å². The maximum atomic E-state index is 12.6. The van der Waals surface area contributed by atoms with Crippen LogP contribution in [0.25, 0.3) is 11.0 Å². The van der Waals surface area contributed by atoms with E-state index in [0.29, 0.717) is 22.3 Å². The number of fused-ring (bicyclic) bond motifs is 1. The van der Waals surface area contributed by atoms with Crippen LogP contribution in [0.5, 0.6) is 0 Å². The molecule has 0 atom stereocenters. The van der Waals surface area contributed by atoms with Crippen LogP contribution < -0.4 is 10.3 Å². The summed E-state index contributed by atoms with van der Waals surface area (Å²) < 4.78 is 43.3. The Balaban J connectivity index is 1.49. The molecular weight excluding hydrogens is 470 g/mol. The van der Waals surface area contributed by atoms with Crippen molar-refractivity contribution in [1.82, 2.24) is 4.72 Å². The van der Waals surface area contributed by atoms with Crippen molar-refractivity contribution in [2.75, 3.05) is 0 Å². The summed E-state index contributed by atoms with van der Waals surface area (Å²) in [6.07, 6.45) is 1.46. The number of aryl methyl sites for hydroxylation is 1. The molecule has 4 rings (SSSR count). The van der Waals surface area contributed by atoms with Crippen molar-refractivity contribution in [3.63, 3.8) is 0 Å². The number of benzene rings is 2. The van der Waals surface area contributed by atoms with E-state index in [9.17, 15) is 18.0 Å². The second-order valence-corrected chi connectivity index (χ2v) is 10.2. The van der Waals surface area contributed by atoms with E-state index in [1.165, 1.54) is 36.6 Å². The van der Waals surface area contributed by atoms with Crippen molar-refractivity contribution in [2.24, 2.45) is 0 Å². The Bertz CT molecular complexity index is 1520. The number of hydrogen-bond donors (Lipinski definition) is 1. The predicted octanol–water partition coefficient (Wildman–Crippen LogP) is 4.65. The van der Waals surface area contributed by atoms with Crippen LogP contribution in [0.2, 0.25) is 0 Å². The molecule has 0 radical (unpaired) electrons. The average Bonchev–Trinajstić information content (AvgIpc) is 3.34. The SMILES string of the molecule is Cc1cc2oc(=O)cc(COC(=O)c3ccc(S(=O)(=O)NCc4ccco4)cc3)c2cc1C(C)C. The molecule has 2 heterocycles. The van der Waals surface area contributed by atoms with E-state index in [0.717, 1.165) is 11.1 Å². The third-order valence-electron chi connectivity index (χ3n) is 5.61. The molecule has 0 aliphatic carbocycles. The number of sulfonamides is 1. The Morgan fingerprint density at radius 1 is 1.09 bits per heavy atom. The van der Waals surface area contributed by atoms with Gasteiger partial charge in [-0.25, -0.2) is 22.7 Å². The molecule has 2 aromatic heterocycles. The van der Waals surface area contributed by atoms with Gasteiger partial charge >= 0.3 is 11.6 Å². The zero-order valence-electron chi connectivity index (χ0n) is 19.5. The van der Waals surface area contributed by atoms with Gasteiger partial charge in [0, 0.05) is 17.0 Å². The Labute approximate surface area is 202 Å². The van der Waals surface area contributed by atoms with E-state index in [2.05, 4.69) is 18.6 Å². The molecule has 0 aliphatic heterocycles. The smallest absolute Gasteiger partial charge is 0.338 e. The molecule has 0 saturated heterocycles. The van der Waals surface area contributed by atoms with Crippen LogP contribution in [0.15, 0.2) is 79.4 Å². The van der Waals surface area contributed by atoms with Crippen LogP contribution in [-0.2, 0) is 27.9 Å². The first-order valence-corrected chi connectivity index (χ1v) is 12.5. The number of carbonyl (C=O) groups excluding carboxylic acids is 1. The Hall–Kier alpha value is -3.69. The number of rotatable bonds is 8. The Morgan fingerprint density at radius 3 is 2.49 bits per heavy atom. The van der Waals surface area contributed by atoms with Crippen LogP contribution in [0.1, 0.15) is 52.6 Å². The second-order valence-electron chi connectivity index (χ2n) is 8.45. The zero-order valence-corrected chi connectivity index (χ0v) is 20.3. The van der Waals surface area contributed by atoms with E-state index in [1.54, 1.807) is 12.1 Å². The molecule has 0 spiro atoms. The van der Waals surface area contributed by atoms with Gasteiger partial charge in [0.15, 0.2) is 0 Å². The fourth-order valence-corrected chi connectivity index (χ4v) is 4.79. The van der Waals surface area contributed by atoms with Crippen molar-refractivity contribution in [1.29, 1.82) is 0 Å². The van der Waals surface area contributed by atoms with Crippen molar-refractivity contribution < 1.29 is 26.8 Å². The molecule has 0 unspecified atom stereocenters. The first-order valence-electron chi connectivity index (χ1n) is 11.0. The molecule has 182 valence electrons. The summed E-state index contributed by atoms with van der Waals surface area (Å²) in [5, 5.41) is 0.704. The van der Waals surface area contributed by atoms with Gasteiger partial charge in [0.2, 0.25) is 10.0 Å². The van der Waals surface area contributed by atoms with Crippen molar-refractivity contribution in [3.05, 3.63) is 99.3 Å². The van der Waals surface area contributed by atoms with E-state index in [4.69, 9.17) is 13.6 Å². The predicted molar refractivity (Wildman–Crippen MR) is 130 cm³/mol. The molecule has 8 nitrogen and oxygen atoms in total. The number of nitrogens with one attached hydrogen (secondary N) is 1. The maximum Gasteiger partial charge on any atom is 0.338 e. The van der Waals surface area contributed by atoms with Gasteiger partial charge in [-0.1, -0.05) is 13.8 Å². The third kappa shape index (κ3) is 5.52. The molecule has 4 aromatic rings. The number of ether oxygens (including phenoxy) is 1. The highest BCUT2D eigenvalue weighted by Crippen LogP contribution is 2.27. The summed E-state index contributed by atoms with van der Waals surface area (Å²) >= 11 is 0. The molecule has 0 saturated carbocycles. The summed E-state index contributed by atoms with van der Waals surface area (Å²) in [5.41, 5.74) is 2.74. The minimum atomic E-state index is -3.79. The summed E-state index contributed by atoms with van der Waals surface area (Å²) in [5.74, 6) is 0.104. The quantitative estimate of drug-likeness (QED) is 0.279. The summed E-state index contributed by atoms with van der Waals surface area (Å²) in [6.45, 7) is 5.98. The lowest BCUT2D eigenvalue weighted by atomic mass is 9.95. The van der Waals surface area contributed by atoms with Gasteiger partial charge in [-0.3, -0.25) is 0 Å². The van der Waals surface area contributed by atoms with Crippen molar-refractivity contribution in [3.8, 4) is 0 Å². The Morgan fingerprint density at radius 2 is 1.83 bits per heavy atom. The van der Waals surface area contributed by atoms with Crippen LogP contribution in [0.4, 0.5) is 0 Å². The van der Waals surface area contributed by atoms with Gasteiger partial charge in [-0.15, -0.1) is 0 Å². The molecule has 0 amide bonds. The summed E-state index contributed by atoms with van der Waals surface area (Å²) in [4.78, 5) is 24.6. The van der Waals surface area contributed by atoms with Crippen molar-refractivity contribution >= 4 is 27.0 Å². The topological polar surface area (TPSA) is 116 Å². The average molecular weight is 496 g/mol. The highest BCUT2D eigenvalue weighted by molar-refractivity contribution is 7.89. The highest BCUT2D eigenvalue weighted by atomic mass is 32.2. The lowest BCUT2D eigenvalue weighted by Crippen LogP contribution is -2.23. The van der Waals surface area contributed by atoms with Crippen LogP contribution in [-0.4, -0.2) is 14.4 Å². The summed E-state index contributed by atoms with van der Waals surface area (Å²) in [7, 11) is -3.79. The minimum Gasteiger partial charge on any atom is -0.468 e. The standard InChI is InChI=1S/C26H25NO7S/c1-16(2)22-13-23-19(12-25(28)34-24(23)11-17(22)3)15-33-26(29)18-6-8-21(9-7-18)35(30,31)27-14-20-5-4-10-32-20/h4-13,16,27H,14-15H2,1-3H3. The fourth-order valence-electron chi connectivity index (χ4n) is 3.79. The van der Waals surface area contributed by atoms with Crippen LogP contribution in [0, 0.1) is 6.92 Å². The molecular formula is C26H25NO7S. The van der Waals surface area contributed by atoms with Gasteiger partial charge in [-0.2, -0.15) is 0 Å². The monoisotopic (exact) mass is 495 g/mol. The maximum absolute atomic E-state index is 12.6. The first-order chi connectivity index (χ1) is 16.6. The van der Waals surface area contributed by atoms with Gasteiger partial charge in [0.25, 0.3) is 0 Å². The third-order valence-corrected chi connectivity index (χ3v) is 7.03. The lowest BCUT2D eigenvalue weighted by Gasteiger charge is -2.13. The zero-order chi connectivity index (χ0) is 25.2. The number of hydrogen-bond acceptors (Lipinski definition) is 7. The number of carbonyl (C=O) groups is 1. The minimum absolute atomic E-state index is 0.00357. The molecule has 35 heavy (non-hydrogen) atoms. The molecule has 0 fully saturated rings. The number of esters is 1. The highest BCUT2D eigenvalue weighted by Gasteiger charge is 2.17. The van der Waals surface area contributed by atoms with Gasteiger partial charge in [-0.05, 0) is 72.5 Å². The van der Waals surface area contributed by atoms with Crippen LogP contribution in [0.3, 0.4) is 0 Å².